The molecule has 1 aliphatic rings. The molecule has 92 valence electrons. The highest BCUT2D eigenvalue weighted by atomic mass is 14.7. The van der Waals surface area contributed by atoms with Crippen LogP contribution in [0.15, 0.2) is 54.9 Å². The van der Waals surface area contributed by atoms with Gasteiger partial charge < -0.3 is 0 Å². The van der Waals surface area contributed by atoms with Crippen LogP contribution in [0.3, 0.4) is 0 Å². The van der Waals surface area contributed by atoms with E-state index in [-0.39, 0.29) is 0 Å². The van der Waals surface area contributed by atoms with Crippen molar-refractivity contribution in [3.05, 3.63) is 60.6 Å². The van der Waals surface area contributed by atoms with E-state index in [4.69, 9.17) is 0 Å². The van der Waals surface area contributed by atoms with Crippen molar-refractivity contribution in [3.8, 4) is 11.1 Å². The van der Waals surface area contributed by atoms with Gasteiger partial charge in [0.1, 0.15) is 0 Å². The molecule has 1 aromatic carbocycles. The van der Waals surface area contributed by atoms with Gasteiger partial charge >= 0.3 is 0 Å². The molecule has 0 saturated heterocycles. The zero-order valence-corrected chi connectivity index (χ0v) is 10.6. The fraction of sp³-hybridized carbons (Fsp3) is 0.176. The number of para-hydroxylation sites is 1. The fourth-order valence-corrected chi connectivity index (χ4v) is 2.66. The van der Waals surface area contributed by atoms with Crippen LogP contribution in [0.25, 0.3) is 22.0 Å². The van der Waals surface area contributed by atoms with Crippen molar-refractivity contribution in [2.45, 2.75) is 18.8 Å². The third kappa shape index (κ3) is 1.80. The van der Waals surface area contributed by atoms with Gasteiger partial charge in [-0.15, -0.1) is 0 Å². The molecule has 0 N–H and O–H groups in total. The molecular formula is C17H14N2. The van der Waals surface area contributed by atoms with Crippen molar-refractivity contribution >= 4 is 10.9 Å². The maximum atomic E-state index is 4.60. The van der Waals surface area contributed by atoms with E-state index in [0.29, 0.717) is 5.92 Å². The summed E-state index contributed by atoms with van der Waals surface area (Å²) in [6, 6.07) is 14.6. The molecule has 0 atom stereocenters. The molecule has 0 spiro atoms. The first-order valence-corrected chi connectivity index (χ1v) is 6.72. The number of rotatable bonds is 2. The molecule has 1 aliphatic carbocycles. The minimum absolute atomic E-state index is 0.656. The number of pyridine rings is 2. The van der Waals surface area contributed by atoms with Crippen molar-refractivity contribution in [3.63, 3.8) is 0 Å². The molecule has 1 saturated carbocycles. The van der Waals surface area contributed by atoms with Crippen LogP contribution in [-0.4, -0.2) is 9.97 Å². The van der Waals surface area contributed by atoms with Crippen LogP contribution in [-0.2, 0) is 0 Å². The Bertz CT molecular complexity index is 740. The van der Waals surface area contributed by atoms with Crippen molar-refractivity contribution in [1.29, 1.82) is 0 Å². The maximum absolute atomic E-state index is 4.60. The van der Waals surface area contributed by atoms with Gasteiger partial charge in [0.15, 0.2) is 0 Å². The first-order chi connectivity index (χ1) is 9.43. The SMILES string of the molecule is c1cnc(C2CC2)c(-c2ccnc3ccccc23)c1. The molecule has 0 radical (unpaired) electrons. The third-order valence-electron chi connectivity index (χ3n) is 3.74. The summed E-state index contributed by atoms with van der Waals surface area (Å²) in [7, 11) is 0. The van der Waals surface area contributed by atoms with Crippen molar-refractivity contribution in [2.75, 3.05) is 0 Å². The Kier molecular flexibility index (Phi) is 2.34. The Morgan fingerprint density at radius 2 is 1.68 bits per heavy atom. The summed E-state index contributed by atoms with van der Waals surface area (Å²) in [5, 5.41) is 1.21. The van der Waals surface area contributed by atoms with Crippen LogP contribution < -0.4 is 0 Å². The summed E-state index contributed by atoms with van der Waals surface area (Å²) < 4.78 is 0. The highest BCUT2D eigenvalue weighted by molar-refractivity contribution is 5.94. The van der Waals surface area contributed by atoms with Crippen LogP contribution in [0.5, 0.6) is 0 Å². The summed E-state index contributed by atoms with van der Waals surface area (Å²) >= 11 is 0. The lowest BCUT2D eigenvalue weighted by Crippen LogP contribution is -1.92. The molecule has 2 aromatic heterocycles. The Morgan fingerprint density at radius 3 is 2.58 bits per heavy atom. The summed E-state index contributed by atoms with van der Waals surface area (Å²) in [5.41, 5.74) is 4.81. The second-order valence-corrected chi connectivity index (χ2v) is 5.09. The molecule has 0 aliphatic heterocycles. The number of nitrogens with zero attached hydrogens (tertiary/aromatic N) is 2. The summed E-state index contributed by atoms with van der Waals surface area (Å²) in [4.78, 5) is 9.04. The fourth-order valence-electron chi connectivity index (χ4n) is 2.66. The van der Waals surface area contributed by atoms with Crippen LogP contribution >= 0.6 is 0 Å². The number of hydrogen-bond donors (Lipinski definition) is 0. The van der Waals surface area contributed by atoms with E-state index in [2.05, 4.69) is 40.3 Å². The molecule has 2 nitrogen and oxygen atoms in total. The molecular weight excluding hydrogens is 232 g/mol. The highest BCUT2D eigenvalue weighted by Gasteiger charge is 2.27. The molecule has 0 amide bonds. The first-order valence-electron chi connectivity index (χ1n) is 6.72. The number of benzene rings is 1. The lowest BCUT2D eigenvalue weighted by molar-refractivity contribution is 1.03. The summed E-state index contributed by atoms with van der Waals surface area (Å²) in [5.74, 6) is 0.656. The van der Waals surface area contributed by atoms with Gasteiger partial charge in [-0.25, -0.2) is 0 Å². The predicted molar refractivity (Wildman–Crippen MR) is 76.9 cm³/mol. The van der Waals surface area contributed by atoms with Gasteiger partial charge in [0, 0.05) is 29.3 Å². The Balaban J connectivity index is 2.00. The molecule has 19 heavy (non-hydrogen) atoms. The topological polar surface area (TPSA) is 25.8 Å². The molecule has 4 rings (SSSR count). The van der Waals surface area contributed by atoms with Crippen LogP contribution in [0.1, 0.15) is 24.5 Å². The van der Waals surface area contributed by atoms with Gasteiger partial charge in [-0.3, -0.25) is 9.97 Å². The summed E-state index contributed by atoms with van der Waals surface area (Å²) in [6.45, 7) is 0. The second kappa shape index (κ2) is 4.16. The number of aromatic nitrogens is 2. The van der Waals surface area contributed by atoms with E-state index in [9.17, 15) is 0 Å². The van der Waals surface area contributed by atoms with E-state index in [0.717, 1.165) is 5.52 Å². The smallest absolute Gasteiger partial charge is 0.0708 e. The van der Waals surface area contributed by atoms with Crippen LogP contribution in [0.2, 0.25) is 0 Å². The van der Waals surface area contributed by atoms with Gasteiger partial charge in [-0.2, -0.15) is 0 Å². The second-order valence-electron chi connectivity index (χ2n) is 5.09. The quantitative estimate of drug-likeness (QED) is 0.678. The number of hydrogen-bond acceptors (Lipinski definition) is 2. The zero-order valence-electron chi connectivity index (χ0n) is 10.6. The van der Waals surface area contributed by atoms with E-state index in [1.807, 2.05) is 24.5 Å². The minimum Gasteiger partial charge on any atom is -0.260 e. The molecule has 3 aromatic rings. The lowest BCUT2D eigenvalue weighted by Gasteiger charge is -2.10. The highest BCUT2D eigenvalue weighted by Crippen LogP contribution is 2.43. The van der Waals surface area contributed by atoms with Gasteiger partial charge in [0.05, 0.1) is 11.2 Å². The normalized spacial score (nSPS) is 14.7. The van der Waals surface area contributed by atoms with E-state index < -0.39 is 0 Å². The Hall–Kier alpha value is -2.22. The molecule has 1 fully saturated rings. The molecule has 2 heteroatoms. The maximum Gasteiger partial charge on any atom is 0.0708 e. The van der Waals surface area contributed by atoms with E-state index in [1.54, 1.807) is 0 Å². The van der Waals surface area contributed by atoms with E-state index in [1.165, 1.54) is 35.0 Å². The summed E-state index contributed by atoms with van der Waals surface area (Å²) in [6.07, 6.45) is 6.34. The van der Waals surface area contributed by atoms with Crippen molar-refractivity contribution < 1.29 is 0 Å². The lowest BCUT2D eigenvalue weighted by atomic mass is 9.98. The van der Waals surface area contributed by atoms with Crippen LogP contribution in [0, 0.1) is 0 Å². The standard InChI is InChI=1S/C17H14N2/c1-2-6-16-14(4-1)13(9-11-18-16)15-5-3-10-19-17(15)12-7-8-12/h1-6,9-12H,7-8H2. The third-order valence-corrected chi connectivity index (χ3v) is 3.74. The van der Waals surface area contributed by atoms with Crippen molar-refractivity contribution in [2.24, 2.45) is 0 Å². The molecule has 2 heterocycles. The van der Waals surface area contributed by atoms with Gasteiger partial charge in [-0.05, 0) is 36.6 Å². The minimum atomic E-state index is 0.656. The Morgan fingerprint density at radius 1 is 0.789 bits per heavy atom. The van der Waals surface area contributed by atoms with Crippen molar-refractivity contribution in [1.82, 2.24) is 9.97 Å². The van der Waals surface area contributed by atoms with Gasteiger partial charge in [-0.1, -0.05) is 24.3 Å². The zero-order chi connectivity index (χ0) is 12.7. The average molecular weight is 246 g/mol. The molecule has 0 unspecified atom stereocenters. The number of fused-ring (bicyclic) bond motifs is 1. The largest absolute Gasteiger partial charge is 0.260 e. The first kappa shape index (κ1) is 10.7. The average Bonchev–Trinajstić information content (AvgIpc) is 3.31. The van der Waals surface area contributed by atoms with E-state index >= 15 is 0 Å². The van der Waals surface area contributed by atoms with Gasteiger partial charge in [0.2, 0.25) is 0 Å². The van der Waals surface area contributed by atoms with Crippen LogP contribution in [0.4, 0.5) is 0 Å². The molecule has 0 bridgehead atoms. The Labute approximate surface area is 112 Å². The van der Waals surface area contributed by atoms with Gasteiger partial charge in [0.25, 0.3) is 0 Å². The monoisotopic (exact) mass is 246 g/mol. The predicted octanol–water partition coefficient (Wildman–Crippen LogP) is 4.17.